The zero-order chi connectivity index (χ0) is 15.9. The van der Waals surface area contributed by atoms with Gasteiger partial charge in [-0.3, -0.25) is 4.79 Å². The Labute approximate surface area is 124 Å². The third kappa shape index (κ3) is 6.29. The molecule has 1 rings (SSSR count). The highest BCUT2D eigenvalue weighted by atomic mass is 16.6. The average Bonchev–Trinajstić information content (AvgIpc) is 2.41. The molecule has 0 amide bonds. The SMILES string of the molecule is CC(C)(C)OC(=O)[C@H](Cc1ccccc1)[C@H](O)CN=[N+]=[N-]. The van der Waals surface area contributed by atoms with Crippen LogP contribution in [0.4, 0.5) is 0 Å². The Morgan fingerprint density at radius 3 is 2.52 bits per heavy atom. The van der Waals surface area contributed by atoms with Gasteiger partial charge in [0.25, 0.3) is 0 Å². The summed E-state index contributed by atoms with van der Waals surface area (Å²) in [6.07, 6.45) is -0.742. The molecule has 0 aliphatic carbocycles. The molecule has 0 unspecified atom stereocenters. The topological polar surface area (TPSA) is 95.3 Å². The summed E-state index contributed by atoms with van der Waals surface area (Å²) in [4.78, 5) is 14.9. The normalized spacial score (nSPS) is 13.9. The van der Waals surface area contributed by atoms with Crippen LogP contribution in [0.15, 0.2) is 35.4 Å². The van der Waals surface area contributed by atoms with Crippen LogP contribution in [0.25, 0.3) is 10.4 Å². The predicted octanol–water partition coefficient (Wildman–Crippen LogP) is 2.86. The number of hydrogen-bond acceptors (Lipinski definition) is 4. The second kappa shape index (κ2) is 7.67. The van der Waals surface area contributed by atoms with Gasteiger partial charge >= 0.3 is 5.97 Å². The third-order valence-corrected chi connectivity index (χ3v) is 2.80. The van der Waals surface area contributed by atoms with Crippen LogP contribution in [0, 0.1) is 5.92 Å². The molecule has 1 aromatic rings. The van der Waals surface area contributed by atoms with Crippen molar-refractivity contribution in [1.82, 2.24) is 0 Å². The molecule has 1 N–H and O–H groups in total. The van der Waals surface area contributed by atoms with Gasteiger partial charge in [-0.2, -0.15) is 0 Å². The van der Waals surface area contributed by atoms with Gasteiger partial charge in [0.1, 0.15) is 5.60 Å². The van der Waals surface area contributed by atoms with Crippen molar-refractivity contribution in [2.45, 2.75) is 38.9 Å². The molecule has 0 fully saturated rings. The first kappa shape index (κ1) is 17.0. The van der Waals surface area contributed by atoms with Crippen LogP contribution in [0.5, 0.6) is 0 Å². The zero-order valence-electron chi connectivity index (χ0n) is 12.6. The van der Waals surface area contributed by atoms with Crippen molar-refractivity contribution in [3.05, 3.63) is 46.3 Å². The van der Waals surface area contributed by atoms with Gasteiger partial charge in [-0.1, -0.05) is 35.4 Å². The van der Waals surface area contributed by atoms with Crippen LogP contribution in [0.3, 0.4) is 0 Å². The number of aliphatic hydroxyl groups excluding tert-OH is 1. The van der Waals surface area contributed by atoms with Crippen LogP contribution < -0.4 is 0 Å². The number of carbonyl (C=O) groups is 1. The van der Waals surface area contributed by atoms with E-state index in [1.54, 1.807) is 20.8 Å². The Morgan fingerprint density at radius 1 is 1.38 bits per heavy atom. The van der Waals surface area contributed by atoms with Gasteiger partial charge in [-0.05, 0) is 38.3 Å². The maximum Gasteiger partial charge on any atom is 0.312 e. The minimum Gasteiger partial charge on any atom is -0.460 e. The molecular formula is C15H21N3O3. The van der Waals surface area contributed by atoms with Gasteiger partial charge < -0.3 is 9.84 Å². The van der Waals surface area contributed by atoms with Crippen molar-refractivity contribution in [3.63, 3.8) is 0 Å². The lowest BCUT2D eigenvalue weighted by Gasteiger charge is -2.26. The molecule has 2 atom stereocenters. The number of benzene rings is 1. The largest absolute Gasteiger partial charge is 0.460 e. The number of azide groups is 1. The molecule has 0 radical (unpaired) electrons. The number of rotatable bonds is 6. The van der Waals surface area contributed by atoms with Gasteiger partial charge in [0.2, 0.25) is 0 Å². The fourth-order valence-electron chi connectivity index (χ4n) is 1.87. The Kier molecular flexibility index (Phi) is 6.21. The van der Waals surface area contributed by atoms with Crippen molar-refractivity contribution in [1.29, 1.82) is 0 Å². The third-order valence-electron chi connectivity index (χ3n) is 2.80. The molecule has 0 aliphatic heterocycles. The molecule has 1 aromatic carbocycles. The van der Waals surface area contributed by atoms with Crippen LogP contribution >= 0.6 is 0 Å². The maximum atomic E-state index is 12.3. The second-order valence-corrected chi connectivity index (χ2v) is 5.81. The van der Waals surface area contributed by atoms with Crippen LogP contribution in [-0.4, -0.2) is 29.3 Å². The van der Waals surface area contributed by atoms with E-state index in [4.69, 9.17) is 10.3 Å². The fourth-order valence-corrected chi connectivity index (χ4v) is 1.87. The van der Waals surface area contributed by atoms with Gasteiger partial charge in [-0.25, -0.2) is 0 Å². The lowest BCUT2D eigenvalue weighted by Crippen LogP contribution is -2.37. The Morgan fingerprint density at radius 2 is 2.00 bits per heavy atom. The monoisotopic (exact) mass is 291 g/mol. The molecular weight excluding hydrogens is 270 g/mol. The van der Waals surface area contributed by atoms with E-state index in [2.05, 4.69) is 10.0 Å². The maximum absolute atomic E-state index is 12.3. The van der Waals surface area contributed by atoms with Crippen LogP contribution in [0.1, 0.15) is 26.3 Å². The van der Waals surface area contributed by atoms with Crippen molar-refractivity contribution in [3.8, 4) is 0 Å². The van der Waals surface area contributed by atoms with E-state index in [1.165, 1.54) is 0 Å². The summed E-state index contributed by atoms with van der Waals surface area (Å²) in [5.41, 5.74) is 8.62. The number of ether oxygens (including phenoxy) is 1. The second-order valence-electron chi connectivity index (χ2n) is 5.81. The minimum atomic E-state index is -1.07. The summed E-state index contributed by atoms with van der Waals surface area (Å²) < 4.78 is 5.34. The molecule has 0 saturated heterocycles. The van der Waals surface area contributed by atoms with Crippen molar-refractivity contribution in [2.24, 2.45) is 11.0 Å². The summed E-state index contributed by atoms with van der Waals surface area (Å²) >= 11 is 0. The summed E-state index contributed by atoms with van der Waals surface area (Å²) in [6.45, 7) is 5.14. The summed E-state index contributed by atoms with van der Waals surface area (Å²) in [7, 11) is 0. The van der Waals surface area contributed by atoms with Crippen molar-refractivity contribution < 1.29 is 14.6 Å². The van der Waals surface area contributed by atoms with E-state index in [9.17, 15) is 9.90 Å². The average molecular weight is 291 g/mol. The quantitative estimate of drug-likeness (QED) is 0.378. The summed E-state index contributed by atoms with van der Waals surface area (Å²) in [5.74, 6) is -1.26. The van der Waals surface area contributed by atoms with E-state index < -0.39 is 23.6 Å². The van der Waals surface area contributed by atoms with Crippen LogP contribution in [-0.2, 0) is 16.0 Å². The van der Waals surface area contributed by atoms with E-state index in [1.807, 2.05) is 30.3 Å². The van der Waals surface area contributed by atoms with E-state index >= 15 is 0 Å². The fraction of sp³-hybridized carbons (Fsp3) is 0.533. The molecule has 0 spiro atoms. The molecule has 6 heteroatoms. The Hall–Kier alpha value is -2.04. The molecule has 0 saturated carbocycles. The smallest absolute Gasteiger partial charge is 0.312 e. The molecule has 0 bridgehead atoms. The highest BCUT2D eigenvalue weighted by molar-refractivity contribution is 5.74. The Balaban J connectivity index is 2.88. The van der Waals surface area contributed by atoms with E-state index in [-0.39, 0.29) is 6.54 Å². The number of hydrogen-bond donors (Lipinski definition) is 1. The lowest BCUT2D eigenvalue weighted by molar-refractivity contribution is -0.163. The van der Waals surface area contributed by atoms with Gasteiger partial charge in [0.05, 0.1) is 18.6 Å². The first-order valence-corrected chi connectivity index (χ1v) is 6.79. The van der Waals surface area contributed by atoms with E-state index in [0.29, 0.717) is 6.42 Å². The number of aliphatic hydroxyl groups is 1. The molecule has 0 aromatic heterocycles. The molecule has 114 valence electrons. The van der Waals surface area contributed by atoms with Gasteiger partial charge in [-0.15, -0.1) is 0 Å². The van der Waals surface area contributed by atoms with Crippen LogP contribution in [0.2, 0.25) is 0 Å². The van der Waals surface area contributed by atoms with Gasteiger partial charge in [0.15, 0.2) is 0 Å². The lowest BCUT2D eigenvalue weighted by atomic mass is 9.93. The standard InChI is InChI=1S/C15H21N3O3/c1-15(2,3)21-14(20)12(13(19)10-17-18-16)9-11-7-5-4-6-8-11/h4-8,12-13,19H,9-10H2,1-3H3/t12-,13-/m1/s1. The first-order chi connectivity index (χ1) is 9.83. The number of nitrogens with zero attached hydrogens (tertiary/aromatic N) is 3. The first-order valence-electron chi connectivity index (χ1n) is 6.79. The predicted molar refractivity (Wildman–Crippen MR) is 79.5 cm³/mol. The minimum absolute atomic E-state index is 0.159. The van der Waals surface area contributed by atoms with Crippen molar-refractivity contribution in [2.75, 3.05) is 6.54 Å². The Bertz CT molecular complexity index is 505. The molecule has 0 aliphatic rings. The summed E-state index contributed by atoms with van der Waals surface area (Å²) in [5, 5.41) is 13.4. The van der Waals surface area contributed by atoms with E-state index in [0.717, 1.165) is 5.56 Å². The number of esters is 1. The van der Waals surface area contributed by atoms with Crippen molar-refractivity contribution >= 4 is 5.97 Å². The molecule has 6 nitrogen and oxygen atoms in total. The molecule has 0 heterocycles. The highest BCUT2D eigenvalue weighted by Crippen LogP contribution is 2.19. The molecule has 21 heavy (non-hydrogen) atoms. The summed E-state index contributed by atoms with van der Waals surface area (Å²) in [6, 6.07) is 9.35. The van der Waals surface area contributed by atoms with Gasteiger partial charge in [0, 0.05) is 4.91 Å². The highest BCUT2D eigenvalue weighted by Gasteiger charge is 2.31. The number of carbonyl (C=O) groups excluding carboxylic acids is 1. The zero-order valence-corrected chi connectivity index (χ0v) is 12.6.